The predicted molar refractivity (Wildman–Crippen MR) is 104 cm³/mol. The summed E-state index contributed by atoms with van der Waals surface area (Å²) in [4.78, 5) is 17.7. The van der Waals surface area contributed by atoms with Gasteiger partial charge in [-0.1, -0.05) is 35.5 Å². The molecule has 5 nitrogen and oxygen atoms in total. The Labute approximate surface area is 160 Å². The monoisotopic (exact) mass is 385 g/mol. The first kappa shape index (κ1) is 18.3. The molecule has 0 aliphatic heterocycles. The lowest BCUT2D eigenvalue weighted by Gasteiger charge is -2.14. The van der Waals surface area contributed by atoms with Crippen LogP contribution in [-0.4, -0.2) is 22.4 Å². The van der Waals surface area contributed by atoms with Crippen molar-refractivity contribution in [3.8, 4) is 17.5 Å². The maximum absolute atomic E-state index is 13.1. The molecule has 0 N–H and O–H groups in total. The lowest BCUT2D eigenvalue weighted by atomic mass is 10.2. The van der Waals surface area contributed by atoms with Crippen molar-refractivity contribution in [3.63, 3.8) is 0 Å². The summed E-state index contributed by atoms with van der Waals surface area (Å²) in [5.41, 5.74) is 1.05. The fraction of sp³-hybridized carbons (Fsp3) is 0.211. The molecule has 0 unspecified atom stereocenters. The Morgan fingerprint density at radius 1 is 1.35 bits per heavy atom. The number of methoxy groups -OCH3 is 1. The largest absolute Gasteiger partial charge is 0.495 e. The average Bonchev–Trinajstić information content (AvgIpc) is 2.66. The second kappa shape index (κ2) is 7.81. The molecule has 0 radical (unpaired) electrons. The quantitative estimate of drug-likeness (QED) is 0.483. The van der Waals surface area contributed by atoms with E-state index < -0.39 is 0 Å². The zero-order valence-corrected chi connectivity index (χ0v) is 15.8. The molecule has 0 bridgehead atoms. The van der Waals surface area contributed by atoms with E-state index in [1.807, 2.05) is 13.0 Å². The number of aromatic nitrogens is 2. The summed E-state index contributed by atoms with van der Waals surface area (Å²) < 4.78 is 6.71. The third kappa shape index (κ3) is 3.55. The van der Waals surface area contributed by atoms with Crippen LogP contribution in [-0.2, 0) is 0 Å². The van der Waals surface area contributed by atoms with Gasteiger partial charge in [-0.3, -0.25) is 9.36 Å². The molecule has 0 amide bonds. The fourth-order valence-corrected chi connectivity index (χ4v) is 3.67. The summed E-state index contributed by atoms with van der Waals surface area (Å²) in [6.45, 7) is 1.83. The number of benzene rings is 2. The van der Waals surface area contributed by atoms with Gasteiger partial charge in [-0.25, -0.2) is 4.98 Å². The fourth-order valence-electron chi connectivity index (χ4n) is 2.47. The average molecular weight is 386 g/mol. The molecule has 0 aliphatic carbocycles. The van der Waals surface area contributed by atoms with Gasteiger partial charge in [0.15, 0.2) is 5.16 Å². The summed E-state index contributed by atoms with van der Waals surface area (Å²) in [7, 11) is 1.54. The van der Waals surface area contributed by atoms with Gasteiger partial charge in [0.25, 0.3) is 5.56 Å². The first-order chi connectivity index (χ1) is 12.5. The van der Waals surface area contributed by atoms with Gasteiger partial charge in [-0.05, 0) is 37.3 Å². The van der Waals surface area contributed by atoms with E-state index in [1.54, 1.807) is 36.4 Å². The molecule has 0 aliphatic rings. The molecular formula is C19H16ClN3O2S. The molecule has 26 heavy (non-hydrogen) atoms. The van der Waals surface area contributed by atoms with E-state index in [-0.39, 0.29) is 11.5 Å². The van der Waals surface area contributed by atoms with Gasteiger partial charge >= 0.3 is 0 Å². The SMILES string of the molecule is COc1ccc(-n2c(SC[C@@H](C)C#N)nc3ccccc3c2=O)cc1Cl. The first-order valence-corrected chi connectivity index (χ1v) is 9.29. The van der Waals surface area contributed by atoms with Gasteiger partial charge in [0.2, 0.25) is 0 Å². The Morgan fingerprint density at radius 2 is 2.12 bits per heavy atom. The first-order valence-electron chi connectivity index (χ1n) is 7.93. The smallest absolute Gasteiger partial charge is 0.266 e. The molecule has 132 valence electrons. The van der Waals surface area contributed by atoms with Crippen LogP contribution in [0, 0.1) is 17.2 Å². The van der Waals surface area contributed by atoms with Crippen LogP contribution in [0.25, 0.3) is 16.6 Å². The van der Waals surface area contributed by atoms with Gasteiger partial charge in [0, 0.05) is 5.75 Å². The highest BCUT2D eigenvalue weighted by atomic mass is 35.5. The number of rotatable bonds is 5. The Hall–Kier alpha value is -2.49. The van der Waals surface area contributed by atoms with E-state index in [1.165, 1.54) is 23.4 Å². The van der Waals surface area contributed by atoms with E-state index in [0.29, 0.717) is 38.3 Å². The van der Waals surface area contributed by atoms with E-state index in [0.717, 1.165) is 0 Å². The minimum atomic E-state index is -0.177. The lowest BCUT2D eigenvalue weighted by Crippen LogP contribution is -2.22. The van der Waals surface area contributed by atoms with Crippen LogP contribution in [0.1, 0.15) is 6.92 Å². The molecule has 0 saturated heterocycles. The second-order valence-corrected chi connectivity index (χ2v) is 7.11. The number of nitriles is 1. The van der Waals surface area contributed by atoms with Gasteiger partial charge in [-0.15, -0.1) is 0 Å². The van der Waals surface area contributed by atoms with Crippen LogP contribution < -0.4 is 10.3 Å². The number of thioether (sulfide) groups is 1. The van der Waals surface area contributed by atoms with Crippen molar-refractivity contribution < 1.29 is 4.74 Å². The molecule has 3 rings (SSSR count). The zero-order valence-electron chi connectivity index (χ0n) is 14.3. The third-order valence-corrected chi connectivity index (χ3v) is 5.32. The number of fused-ring (bicyclic) bond motifs is 1. The van der Waals surface area contributed by atoms with E-state index in [4.69, 9.17) is 21.6 Å². The van der Waals surface area contributed by atoms with Gasteiger partial charge < -0.3 is 4.74 Å². The number of halogens is 1. The Kier molecular flexibility index (Phi) is 5.50. The highest BCUT2D eigenvalue weighted by Gasteiger charge is 2.15. The van der Waals surface area contributed by atoms with Crippen molar-refractivity contribution in [1.82, 2.24) is 9.55 Å². The van der Waals surface area contributed by atoms with Crippen LogP contribution in [0.15, 0.2) is 52.4 Å². The van der Waals surface area contributed by atoms with Crippen molar-refractivity contribution in [2.24, 2.45) is 5.92 Å². The van der Waals surface area contributed by atoms with Crippen LogP contribution in [0.5, 0.6) is 5.75 Å². The Bertz CT molecular complexity index is 1060. The summed E-state index contributed by atoms with van der Waals surface area (Å²) in [6, 6.07) is 14.6. The Balaban J connectivity index is 2.21. The van der Waals surface area contributed by atoms with Gasteiger partial charge in [0.1, 0.15) is 5.75 Å². The van der Waals surface area contributed by atoms with Gasteiger partial charge in [0.05, 0.1) is 40.7 Å². The normalized spacial score (nSPS) is 11.9. The number of nitrogens with zero attached hydrogens (tertiary/aromatic N) is 3. The lowest BCUT2D eigenvalue weighted by molar-refractivity contribution is 0.415. The molecular weight excluding hydrogens is 370 g/mol. The van der Waals surface area contributed by atoms with Crippen LogP contribution in [0.2, 0.25) is 5.02 Å². The Morgan fingerprint density at radius 3 is 2.81 bits per heavy atom. The molecule has 0 spiro atoms. The summed E-state index contributed by atoms with van der Waals surface area (Å²) in [5.74, 6) is 0.909. The second-order valence-electron chi connectivity index (χ2n) is 5.71. The molecule has 1 aromatic heterocycles. The minimum absolute atomic E-state index is 0.156. The number of hydrogen-bond donors (Lipinski definition) is 0. The molecule has 1 heterocycles. The maximum Gasteiger partial charge on any atom is 0.266 e. The van der Waals surface area contributed by atoms with Crippen LogP contribution in [0.3, 0.4) is 0 Å². The standard InChI is InChI=1S/C19H16ClN3O2S/c1-12(10-21)11-26-19-22-16-6-4-3-5-14(16)18(24)23(19)13-7-8-17(25-2)15(20)9-13/h3-9,12H,11H2,1-2H3/t12-/m0/s1. The highest BCUT2D eigenvalue weighted by Crippen LogP contribution is 2.29. The van der Waals surface area contributed by atoms with Crippen LogP contribution in [0.4, 0.5) is 0 Å². The number of hydrogen-bond acceptors (Lipinski definition) is 5. The molecule has 2 aromatic carbocycles. The van der Waals surface area contributed by atoms with Crippen LogP contribution >= 0.6 is 23.4 Å². The topological polar surface area (TPSA) is 67.9 Å². The molecule has 1 atom stereocenters. The van der Waals surface area contributed by atoms with Crippen molar-refractivity contribution in [2.45, 2.75) is 12.1 Å². The molecule has 0 fully saturated rings. The van der Waals surface area contributed by atoms with E-state index >= 15 is 0 Å². The van der Waals surface area contributed by atoms with E-state index in [2.05, 4.69) is 11.1 Å². The number of ether oxygens (including phenoxy) is 1. The molecule has 0 saturated carbocycles. The minimum Gasteiger partial charge on any atom is -0.495 e. The molecule has 3 aromatic rings. The van der Waals surface area contributed by atoms with Crippen molar-refractivity contribution in [3.05, 3.63) is 57.8 Å². The predicted octanol–water partition coefficient (Wildman–Crippen LogP) is 4.30. The number of para-hydroxylation sites is 1. The summed E-state index contributed by atoms with van der Waals surface area (Å²) in [5, 5.41) is 10.5. The van der Waals surface area contributed by atoms with Crippen molar-refractivity contribution >= 4 is 34.3 Å². The zero-order chi connectivity index (χ0) is 18.7. The summed E-state index contributed by atoms with van der Waals surface area (Å²) >= 11 is 7.62. The maximum atomic E-state index is 13.1. The van der Waals surface area contributed by atoms with Gasteiger partial charge in [-0.2, -0.15) is 5.26 Å². The summed E-state index contributed by atoms with van der Waals surface area (Å²) in [6.07, 6.45) is 0. The van der Waals surface area contributed by atoms with Crippen molar-refractivity contribution in [2.75, 3.05) is 12.9 Å². The van der Waals surface area contributed by atoms with Crippen molar-refractivity contribution in [1.29, 1.82) is 5.26 Å². The highest BCUT2D eigenvalue weighted by molar-refractivity contribution is 7.99. The van der Waals surface area contributed by atoms with E-state index in [9.17, 15) is 4.79 Å². The third-order valence-electron chi connectivity index (χ3n) is 3.82. The molecule has 7 heteroatoms.